The van der Waals surface area contributed by atoms with E-state index in [1.54, 1.807) is 18.2 Å². The zero-order valence-corrected chi connectivity index (χ0v) is 9.55. The summed E-state index contributed by atoms with van der Waals surface area (Å²) in [6.07, 6.45) is 0. The van der Waals surface area contributed by atoms with Gasteiger partial charge in [0.2, 0.25) is 0 Å². The molecule has 1 aromatic heterocycles. The molecule has 0 aliphatic carbocycles. The predicted octanol–water partition coefficient (Wildman–Crippen LogP) is 2.69. The molecule has 0 saturated carbocycles. The van der Waals surface area contributed by atoms with Crippen LogP contribution >= 0.6 is 0 Å². The second kappa shape index (κ2) is 5.73. The van der Waals surface area contributed by atoms with Crippen LogP contribution in [0.25, 0.3) is 0 Å². The Kier molecular flexibility index (Phi) is 3.83. The van der Waals surface area contributed by atoms with E-state index in [2.05, 4.69) is 20.3 Å². The largest absolute Gasteiger partial charge is 0.435 e. The number of nitrogens with zero attached hydrogens (tertiary/aromatic N) is 3. The third-order valence-electron chi connectivity index (χ3n) is 2.13. The number of alkyl halides is 2. The maximum atomic E-state index is 12.0. The first-order chi connectivity index (χ1) is 9.17. The fraction of sp³-hybridized carbons (Fsp3) is 0.0833. The van der Waals surface area contributed by atoms with Crippen molar-refractivity contribution < 1.29 is 13.5 Å². The van der Waals surface area contributed by atoms with Crippen molar-refractivity contribution in [1.29, 1.82) is 5.26 Å². The van der Waals surface area contributed by atoms with E-state index in [4.69, 9.17) is 5.26 Å². The molecule has 7 heteroatoms. The number of anilines is 2. The van der Waals surface area contributed by atoms with Crippen LogP contribution in [-0.4, -0.2) is 16.8 Å². The fourth-order valence-electron chi connectivity index (χ4n) is 1.33. The standard InChI is InChI=1S/C12H8F2N4O/c13-12(14)19-10-4-1-8(2-5-10)16-11-6-3-9(7-15)17-18-11/h1-6,12H,(H,16,18). The van der Waals surface area contributed by atoms with Gasteiger partial charge in [-0.1, -0.05) is 0 Å². The average Bonchev–Trinajstić information content (AvgIpc) is 2.41. The first-order valence-electron chi connectivity index (χ1n) is 5.23. The summed E-state index contributed by atoms with van der Waals surface area (Å²) in [6.45, 7) is -2.84. The number of rotatable bonds is 4. The van der Waals surface area contributed by atoms with E-state index in [0.717, 1.165) is 0 Å². The van der Waals surface area contributed by atoms with Crippen LogP contribution in [0, 0.1) is 11.3 Å². The molecule has 0 atom stereocenters. The van der Waals surface area contributed by atoms with Crippen molar-refractivity contribution in [3.63, 3.8) is 0 Å². The summed E-state index contributed by atoms with van der Waals surface area (Å²) in [5, 5.41) is 18.9. The van der Waals surface area contributed by atoms with Crippen LogP contribution in [0.2, 0.25) is 0 Å². The minimum absolute atomic E-state index is 0.0754. The molecule has 1 aromatic carbocycles. The van der Waals surface area contributed by atoms with Gasteiger partial charge in [0, 0.05) is 5.69 Å². The summed E-state index contributed by atoms with van der Waals surface area (Å²) in [6, 6.07) is 10.9. The van der Waals surface area contributed by atoms with Crippen LogP contribution < -0.4 is 10.1 Å². The molecule has 96 valence electrons. The van der Waals surface area contributed by atoms with E-state index in [1.165, 1.54) is 18.2 Å². The molecule has 0 unspecified atom stereocenters. The van der Waals surface area contributed by atoms with Crippen LogP contribution in [0.5, 0.6) is 5.75 Å². The van der Waals surface area contributed by atoms with Gasteiger partial charge >= 0.3 is 6.61 Å². The number of hydrogen-bond donors (Lipinski definition) is 1. The first-order valence-corrected chi connectivity index (χ1v) is 5.23. The highest BCUT2D eigenvalue weighted by molar-refractivity contribution is 5.56. The molecular formula is C12H8F2N4O. The van der Waals surface area contributed by atoms with E-state index in [-0.39, 0.29) is 11.4 Å². The summed E-state index contributed by atoms with van der Waals surface area (Å²) in [5.41, 5.74) is 0.854. The molecule has 0 aliphatic heterocycles. The normalized spacial score (nSPS) is 10.0. The van der Waals surface area contributed by atoms with Crippen LogP contribution in [-0.2, 0) is 0 Å². The Hall–Kier alpha value is -2.75. The Labute approximate surface area is 107 Å². The van der Waals surface area contributed by atoms with Gasteiger partial charge < -0.3 is 10.1 Å². The lowest BCUT2D eigenvalue weighted by molar-refractivity contribution is -0.0498. The van der Waals surface area contributed by atoms with Crippen LogP contribution in [0.4, 0.5) is 20.3 Å². The summed E-state index contributed by atoms with van der Waals surface area (Å²) in [5.74, 6) is 0.521. The lowest BCUT2D eigenvalue weighted by atomic mass is 10.3. The number of nitrogens with one attached hydrogen (secondary N) is 1. The van der Waals surface area contributed by atoms with Gasteiger partial charge in [-0.05, 0) is 36.4 Å². The number of hydrogen-bond acceptors (Lipinski definition) is 5. The molecule has 2 aromatic rings. The predicted molar refractivity (Wildman–Crippen MR) is 63.1 cm³/mol. The lowest BCUT2D eigenvalue weighted by Gasteiger charge is -2.07. The average molecular weight is 262 g/mol. The van der Waals surface area contributed by atoms with Crippen molar-refractivity contribution in [3.05, 3.63) is 42.1 Å². The molecule has 19 heavy (non-hydrogen) atoms. The molecule has 5 nitrogen and oxygen atoms in total. The Balaban J connectivity index is 2.04. The van der Waals surface area contributed by atoms with Crippen molar-refractivity contribution in [1.82, 2.24) is 10.2 Å². The van der Waals surface area contributed by atoms with Gasteiger partial charge in [-0.15, -0.1) is 10.2 Å². The smallest absolute Gasteiger partial charge is 0.387 e. The van der Waals surface area contributed by atoms with E-state index in [1.807, 2.05) is 6.07 Å². The van der Waals surface area contributed by atoms with Crippen LogP contribution in [0.3, 0.4) is 0 Å². The molecule has 2 rings (SSSR count). The Bertz CT molecular complexity index is 578. The summed E-state index contributed by atoms with van der Waals surface area (Å²) in [7, 11) is 0. The molecular weight excluding hydrogens is 254 g/mol. The highest BCUT2D eigenvalue weighted by Gasteiger charge is 2.04. The summed E-state index contributed by atoms with van der Waals surface area (Å²) < 4.78 is 28.1. The zero-order chi connectivity index (χ0) is 13.7. The van der Waals surface area contributed by atoms with E-state index in [9.17, 15) is 8.78 Å². The molecule has 0 aliphatic rings. The van der Waals surface area contributed by atoms with E-state index in [0.29, 0.717) is 11.5 Å². The van der Waals surface area contributed by atoms with Crippen molar-refractivity contribution in [3.8, 4) is 11.8 Å². The number of benzene rings is 1. The molecule has 0 radical (unpaired) electrons. The Morgan fingerprint density at radius 2 is 1.84 bits per heavy atom. The summed E-state index contributed by atoms with van der Waals surface area (Å²) in [4.78, 5) is 0. The molecule has 1 N–H and O–H groups in total. The van der Waals surface area contributed by atoms with E-state index < -0.39 is 6.61 Å². The second-order valence-corrected chi connectivity index (χ2v) is 3.44. The third-order valence-corrected chi connectivity index (χ3v) is 2.13. The quantitative estimate of drug-likeness (QED) is 0.917. The number of halogens is 2. The van der Waals surface area contributed by atoms with Gasteiger partial charge in [0.05, 0.1) is 0 Å². The lowest BCUT2D eigenvalue weighted by Crippen LogP contribution is -2.02. The van der Waals surface area contributed by atoms with Crippen LogP contribution in [0.15, 0.2) is 36.4 Å². The fourth-order valence-corrected chi connectivity index (χ4v) is 1.33. The Morgan fingerprint density at radius 1 is 1.11 bits per heavy atom. The van der Waals surface area contributed by atoms with E-state index >= 15 is 0 Å². The van der Waals surface area contributed by atoms with Crippen molar-refractivity contribution in [2.45, 2.75) is 6.61 Å². The SMILES string of the molecule is N#Cc1ccc(Nc2ccc(OC(F)F)cc2)nn1. The highest BCUT2D eigenvalue weighted by Crippen LogP contribution is 2.19. The molecule has 0 spiro atoms. The molecule has 0 fully saturated rings. The van der Waals surface area contributed by atoms with Crippen LogP contribution in [0.1, 0.15) is 5.69 Å². The number of ether oxygens (including phenoxy) is 1. The van der Waals surface area contributed by atoms with Gasteiger partial charge in [-0.25, -0.2) is 0 Å². The number of nitriles is 1. The summed E-state index contributed by atoms with van der Waals surface area (Å²) >= 11 is 0. The van der Waals surface area contributed by atoms with Crippen molar-refractivity contribution in [2.75, 3.05) is 5.32 Å². The van der Waals surface area contributed by atoms with Gasteiger partial charge in [-0.2, -0.15) is 14.0 Å². The van der Waals surface area contributed by atoms with Gasteiger partial charge in [0.15, 0.2) is 11.5 Å². The minimum Gasteiger partial charge on any atom is -0.435 e. The monoisotopic (exact) mass is 262 g/mol. The van der Waals surface area contributed by atoms with Gasteiger partial charge in [0.1, 0.15) is 11.8 Å². The maximum Gasteiger partial charge on any atom is 0.387 e. The molecule has 1 heterocycles. The first kappa shape index (κ1) is 12.7. The highest BCUT2D eigenvalue weighted by atomic mass is 19.3. The topological polar surface area (TPSA) is 70.8 Å². The minimum atomic E-state index is -2.84. The number of aromatic nitrogens is 2. The van der Waals surface area contributed by atoms with Gasteiger partial charge in [0.25, 0.3) is 0 Å². The van der Waals surface area contributed by atoms with Crippen molar-refractivity contribution >= 4 is 11.5 Å². The third kappa shape index (κ3) is 3.61. The molecule has 0 amide bonds. The van der Waals surface area contributed by atoms with Gasteiger partial charge in [-0.3, -0.25) is 0 Å². The molecule has 0 saturated heterocycles. The molecule has 0 bridgehead atoms. The van der Waals surface area contributed by atoms with Crippen molar-refractivity contribution in [2.24, 2.45) is 0 Å². The second-order valence-electron chi connectivity index (χ2n) is 3.44. The maximum absolute atomic E-state index is 12.0. The Morgan fingerprint density at radius 3 is 2.37 bits per heavy atom. The zero-order valence-electron chi connectivity index (χ0n) is 9.55.